The molecule has 1 amide bonds. The first-order valence-electron chi connectivity index (χ1n) is 8.90. The van der Waals surface area contributed by atoms with Gasteiger partial charge in [-0.05, 0) is 49.4 Å². The summed E-state index contributed by atoms with van der Waals surface area (Å²) in [5, 5.41) is 3.13. The maximum atomic E-state index is 13.0. The zero-order chi connectivity index (χ0) is 19.9. The summed E-state index contributed by atoms with van der Waals surface area (Å²) >= 11 is 0. The van der Waals surface area contributed by atoms with Crippen molar-refractivity contribution >= 4 is 29.1 Å². The standard InChI is InChI=1S/C22H21N3O3/c1-3-25(19-10-5-4-6-11-19)21(26)16-12-13-23-20(15-16)24-18-9-7-8-17(14-18)22(27)28-2/h4-15H,3H2,1-2H3,(H,23,24). The lowest BCUT2D eigenvalue weighted by Gasteiger charge is -2.21. The van der Waals surface area contributed by atoms with Gasteiger partial charge in [0.2, 0.25) is 0 Å². The smallest absolute Gasteiger partial charge is 0.337 e. The topological polar surface area (TPSA) is 71.5 Å². The second kappa shape index (κ2) is 8.81. The normalized spacial score (nSPS) is 10.2. The zero-order valence-corrected chi connectivity index (χ0v) is 15.8. The summed E-state index contributed by atoms with van der Waals surface area (Å²) < 4.78 is 4.74. The van der Waals surface area contributed by atoms with Gasteiger partial charge in [-0.2, -0.15) is 0 Å². The largest absolute Gasteiger partial charge is 0.465 e. The summed E-state index contributed by atoms with van der Waals surface area (Å²) in [5.41, 5.74) is 2.47. The Kier molecular flexibility index (Phi) is 6.01. The Morgan fingerprint density at radius 2 is 1.79 bits per heavy atom. The van der Waals surface area contributed by atoms with Gasteiger partial charge in [-0.25, -0.2) is 9.78 Å². The van der Waals surface area contributed by atoms with Crippen molar-refractivity contribution in [2.45, 2.75) is 6.92 Å². The number of benzene rings is 2. The Hall–Kier alpha value is -3.67. The SMILES string of the molecule is CCN(C(=O)c1ccnc(Nc2cccc(C(=O)OC)c2)c1)c1ccccc1. The minimum absolute atomic E-state index is 0.109. The number of rotatable bonds is 6. The highest BCUT2D eigenvalue weighted by molar-refractivity contribution is 6.06. The third-order valence-electron chi connectivity index (χ3n) is 4.19. The van der Waals surface area contributed by atoms with Crippen molar-refractivity contribution in [1.82, 2.24) is 4.98 Å². The van der Waals surface area contributed by atoms with Gasteiger partial charge in [-0.15, -0.1) is 0 Å². The third kappa shape index (κ3) is 4.35. The molecule has 3 aromatic rings. The van der Waals surface area contributed by atoms with Crippen LogP contribution in [0.15, 0.2) is 72.9 Å². The van der Waals surface area contributed by atoms with Crippen molar-refractivity contribution in [2.75, 3.05) is 23.9 Å². The highest BCUT2D eigenvalue weighted by Crippen LogP contribution is 2.20. The number of pyridine rings is 1. The number of anilines is 3. The predicted octanol–water partition coefficient (Wildman–Crippen LogP) is 4.28. The van der Waals surface area contributed by atoms with Gasteiger partial charge in [-0.1, -0.05) is 24.3 Å². The van der Waals surface area contributed by atoms with Crippen LogP contribution in [0.4, 0.5) is 17.2 Å². The average molecular weight is 375 g/mol. The fourth-order valence-corrected chi connectivity index (χ4v) is 2.83. The predicted molar refractivity (Wildman–Crippen MR) is 109 cm³/mol. The van der Waals surface area contributed by atoms with Crippen LogP contribution in [0, 0.1) is 0 Å². The van der Waals surface area contributed by atoms with Crippen LogP contribution in [0.5, 0.6) is 0 Å². The number of carbonyl (C=O) groups is 2. The summed E-state index contributed by atoms with van der Waals surface area (Å²) in [6, 6.07) is 19.8. The fourth-order valence-electron chi connectivity index (χ4n) is 2.83. The Morgan fingerprint density at radius 1 is 1.00 bits per heavy atom. The van der Waals surface area contributed by atoms with E-state index in [0.717, 1.165) is 5.69 Å². The molecule has 28 heavy (non-hydrogen) atoms. The van der Waals surface area contributed by atoms with E-state index in [1.54, 1.807) is 41.4 Å². The van der Waals surface area contributed by atoms with Crippen molar-refractivity contribution in [3.63, 3.8) is 0 Å². The van der Waals surface area contributed by atoms with Crippen molar-refractivity contribution in [1.29, 1.82) is 0 Å². The number of methoxy groups -OCH3 is 1. The second-order valence-corrected chi connectivity index (χ2v) is 6.01. The lowest BCUT2D eigenvalue weighted by Crippen LogP contribution is -2.30. The average Bonchev–Trinajstić information content (AvgIpc) is 2.75. The van der Waals surface area contributed by atoms with Gasteiger partial charge < -0.3 is 15.0 Å². The van der Waals surface area contributed by atoms with Gasteiger partial charge >= 0.3 is 5.97 Å². The molecule has 0 aliphatic carbocycles. The molecule has 0 unspecified atom stereocenters. The molecular formula is C22H21N3O3. The van der Waals surface area contributed by atoms with Crippen molar-refractivity contribution in [3.8, 4) is 0 Å². The molecule has 0 bridgehead atoms. The molecule has 0 saturated carbocycles. The Morgan fingerprint density at radius 3 is 2.50 bits per heavy atom. The first-order chi connectivity index (χ1) is 13.6. The van der Waals surface area contributed by atoms with Gasteiger partial charge in [0, 0.05) is 29.7 Å². The molecule has 0 aliphatic heterocycles. The number of carbonyl (C=O) groups excluding carboxylic acids is 2. The molecule has 142 valence electrons. The molecule has 0 saturated heterocycles. The lowest BCUT2D eigenvalue weighted by molar-refractivity contribution is 0.0600. The summed E-state index contributed by atoms with van der Waals surface area (Å²) in [7, 11) is 1.34. The number of nitrogens with zero attached hydrogens (tertiary/aromatic N) is 2. The van der Waals surface area contributed by atoms with E-state index in [0.29, 0.717) is 29.2 Å². The number of hydrogen-bond donors (Lipinski definition) is 1. The third-order valence-corrected chi connectivity index (χ3v) is 4.19. The minimum atomic E-state index is -0.415. The fraction of sp³-hybridized carbons (Fsp3) is 0.136. The first-order valence-corrected chi connectivity index (χ1v) is 8.90. The van der Waals surface area contributed by atoms with Gasteiger partial charge in [0.15, 0.2) is 0 Å². The van der Waals surface area contributed by atoms with E-state index in [1.165, 1.54) is 7.11 Å². The van der Waals surface area contributed by atoms with E-state index in [4.69, 9.17) is 4.74 Å². The summed E-state index contributed by atoms with van der Waals surface area (Å²) in [6.45, 7) is 2.48. The molecule has 0 fully saturated rings. The van der Waals surface area contributed by atoms with E-state index in [-0.39, 0.29) is 5.91 Å². The monoisotopic (exact) mass is 375 g/mol. The maximum absolute atomic E-state index is 13.0. The molecule has 0 aliphatic rings. The number of esters is 1. The highest BCUT2D eigenvalue weighted by Gasteiger charge is 2.16. The van der Waals surface area contributed by atoms with Gasteiger partial charge in [0.05, 0.1) is 12.7 Å². The molecule has 2 aromatic carbocycles. The summed E-state index contributed by atoms with van der Waals surface area (Å²) in [4.78, 5) is 30.6. The number of para-hydroxylation sites is 1. The van der Waals surface area contributed by atoms with E-state index in [2.05, 4.69) is 10.3 Å². The van der Waals surface area contributed by atoms with E-state index >= 15 is 0 Å². The molecule has 1 heterocycles. The molecular weight excluding hydrogens is 354 g/mol. The molecule has 0 spiro atoms. The van der Waals surface area contributed by atoms with Gasteiger partial charge in [0.1, 0.15) is 5.82 Å². The minimum Gasteiger partial charge on any atom is -0.465 e. The second-order valence-electron chi connectivity index (χ2n) is 6.01. The molecule has 3 rings (SSSR count). The van der Waals surface area contributed by atoms with Gasteiger partial charge in [-0.3, -0.25) is 4.79 Å². The van der Waals surface area contributed by atoms with Crippen molar-refractivity contribution < 1.29 is 14.3 Å². The quantitative estimate of drug-likeness (QED) is 0.651. The Balaban J connectivity index is 1.82. The summed E-state index contributed by atoms with van der Waals surface area (Å²) in [6.07, 6.45) is 1.58. The molecule has 1 aromatic heterocycles. The van der Waals surface area contributed by atoms with Crippen LogP contribution in [-0.2, 0) is 4.74 Å². The van der Waals surface area contributed by atoms with Crippen LogP contribution in [-0.4, -0.2) is 30.5 Å². The molecule has 6 heteroatoms. The summed E-state index contributed by atoms with van der Waals surface area (Å²) in [5.74, 6) is -0.0126. The molecule has 0 atom stereocenters. The number of aromatic nitrogens is 1. The lowest BCUT2D eigenvalue weighted by atomic mass is 10.2. The number of hydrogen-bond acceptors (Lipinski definition) is 5. The molecule has 6 nitrogen and oxygen atoms in total. The Bertz CT molecular complexity index is 974. The molecule has 0 radical (unpaired) electrons. The Labute approximate surface area is 163 Å². The van der Waals surface area contributed by atoms with Crippen LogP contribution < -0.4 is 10.2 Å². The van der Waals surface area contributed by atoms with E-state index in [1.807, 2.05) is 43.3 Å². The van der Waals surface area contributed by atoms with Crippen molar-refractivity contribution in [2.24, 2.45) is 0 Å². The number of amides is 1. The van der Waals surface area contributed by atoms with E-state index < -0.39 is 5.97 Å². The van der Waals surface area contributed by atoms with Gasteiger partial charge in [0.25, 0.3) is 5.91 Å². The van der Waals surface area contributed by atoms with Crippen LogP contribution in [0.3, 0.4) is 0 Å². The van der Waals surface area contributed by atoms with Crippen LogP contribution in [0.25, 0.3) is 0 Å². The maximum Gasteiger partial charge on any atom is 0.337 e. The van der Waals surface area contributed by atoms with E-state index in [9.17, 15) is 9.59 Å². The number of ether oxygens (including phenoxy) is 1. The van der Waals surface area contributed by atoms with Crippen LogP contribution in [0.1, 0.15) is 27.6 Å². The number of nitrogens with one attached hydrogen (secondary N) is 1. The first kappa shape index (κ1) is 19.1. The van der Waals surface area contributed by atoms with Crippen LogP contribution in [0.2, 0.25) is 0 Å². The highest BCUT2D eigenvalue weighted by atomic mass is 16.5. The van der Waals surface area contributed by atoms with Crippen molar-refractivity contribution in [3.05, 3.63) is 84.1 Å². The van der Waals surface area contributed by atoms with Crippen LogP contribution >= 0.6 is 0 Å². The zero-order valence-electron chi connectivity index (χ0n) is 15.8. The molecule has 1 N–H and O–H groups in total.